The molecule has 27 heavy (non-hydrogen) atoms. The van der Waals surface area contributed by atoms with E-state index in [1.807, 2.05) is 19.0 Å². The fourth-order valence-corrected chi connectivity index (χ4v) is 4.09. The zero-order valence-electron chi connectivity index (χ0n) is 18.0. The van der Waals surface area contributed by atoms with Gasteiger partial charge in [0.15, 0.2) is 0 Å². The normalized spacial score (nSPS) is 17.7. The average molecular weight is 368 g/mol. The van der Waals surface area contributed by atoms with Crippen LogP contribution in [0, 0.1) is 0 Å². The SMILES string of the molecule is CC=BOc1cc(C(C)(C)CCCCCC)cc(O)c1C1C=C(C)CCC1. The van der Waals surface area contributed by atoms with Crippen LogP contribution in [0.3, 0.4) is 0 Å². The molecule has 0 saturated carbocycles. The van der Waals surface area contributed by atoms with Crippen LogP contribution in [-0.2, 0) is 5.41 Å². The molecule has 0 amide bonds. The fraction of sp³-hybridized carbons (Fsp3) is 0.625. The Balaban J connectivity index is 2.35. The van der Waals surface area contributed by atoms with Gasteiger partial charge in [-0.2, -0.15) is 0 Å². The Bertz CT molecular complexity index is 673. The molecule has 1 aliphatic carbocycles. The van der Waals surface area contributed by atoms with Crippen molar-refractivity contribution in [2.24, 2.45) is 0 Å². The summed E-state index contributed by atoms with van der Waals surface area (Å²) in [4.78, 5) is 0. The van der Waals surface area contributed by atoms with Crippen molar-refractivity contribution in [3.8, 4) is 11.5 Å². The molecule has 1 N–H and O–H groups in total. The van der Waals surface area contributed by atoms with Gasteiger partial charge in [-0.1, -0.05) is 0 Å². The minimum atomic E-state index is 0.0239. The molecule has 0 aromatic heterocycles. The Kier molecular flexibility index (Phi) is 8.19. The molecule has 1 atom stereocenters. The van der Waals surface area contributed by atoms with Crippen molar-refractivity contribution in [3.05, 3.63) is 34.9 Å². The zero-order chi connectivity index (χ0) is 19.9. The number of unbranched alkanes of at least 4 members (excludes halogenated alkanes) is 3. The minimum absolute atomic E-state index is 0.0239. The first-order chi connectivity index (χ1) is 12.9. The van der Waals surface area contributed by atoms with Gasteiger partial charge in [-0.25, -0.2) is 0 Å². The van der Waals surface area contributed by atoms with E-state index in [0.717, 1.165) is 36.1 Å². The predicted octanol–water partition coefficient (Wildman–Crippen LogP) is 6.67. The molecule has 3 heteroatoms. The van der Waals surface area contributed by atoms with Gasteiger partial charge < -0.3 is 0 Å². The summed E-state index contributed by atoms with van der Waals surface area (Å²) in [6.45, 7) is 10.9. The van der Waals surface area contributed by atoms with E-state index in [1.165, 1.54) is 37.7 Å². The second-order valence-corrected chi connectivity index (χ2v) is 8.70. The Labute approximate surface area is 167 Å². The van der Waals surface area contributed by atoms with E-state index in [4.69, 9.17) is 4.65 Å². The van der Waals surface area contributed by atoms with Crippen molar-refractivity contribution >= 4 is 13.1 Å². The van der Waals surface area contributed by atoms with Crippen LogP contribution >= 0.6 is 0 Å². The van der Waals surface area contributed by atoms with Crippen LogP contribution in [-0.4, -0.2) is 18.2 Å². The number of hydrogen-bond acceptors (Lipinski definition) is 2. The molecule has 1 unspecified atom stereocenters. The second-order valence-electron chi connectivity index (χ2n) is 8.70. The van der Waals surface area contributed by atoms with Crippen molar-refractivity contribution < 1.29 is 9.76 Å². The van der Waals surface area contributed by atoms with Crippen LogP contribution < -0.4 is 4.65 Å². The summed E-state index contributed by atoms with van der Waals surface area (Å²) in [5.74, 6) is 3.32. The van der Waals surface area contributed by atoms with Crippen molar-refractivity contribution in [2.75, 3.05) is 0 Å². The van der Waals surface area contributed by atoms with Crippen LogP contribution in [0.2, 0.25) is 0 Å². The number of phenols is 1. The van der Waals surface area contributed by atoms with Gasteiger partial charge in [-0.15, -0.1) is 0 Å². The van der Waals surface area contributed by atoms with Gasteiger partial charge in [0.1, 0.15) is 0 Å². The number of hydrogen-bond donors (Lipinski definition) is 1. The quantitative estimate of drug-likeness (QED) is 0.299. The van der Waals surface area contributed by atoms with E-state index >= 15 is 0 Å². The Hall–Kier alpha value is -1.51. The molecular formula is C24H37BO2. The third-order valence-corrected chi connectivity index (χ3v) is 5.83. The summed E-state index contributed by atoms with van der Waals surface area (Å²) in [5.41, 5.74) is 3.53. The van der Waals surface area contributed by atoms with Crippen LogP contribution in [0.5, 0.6) is 11.5 Å². The van der Waals surface area contributed by atoms with Gasteiger partial charge >= 0.3 is 167 Å². The van der Waals surface area contributed by atoms with Gasteiger partial charge in [-0.05, 0) is 0 Å². The van der Waals surface area contributed by atoms with E-state index < -0.39 is 0 Å². The average Bonchev–Trinajstić information content (AvgIpc) is 2.63. The molecule has 0 bridgehead atoms. The van der Waals surface area contributed by atoms with E-state index in [-0.39, 0.29) is 11.3 Å². The van der Waals surface area contributed by atoms with Crippen molar-refractivity contribution in [3.63, 3.8) is 0 Å². The molecule has 2 nitrogen and oxygen atoms in total. The number of rotatable bonds is 9. The molecule has 2 rings (SSSR count). The van der Waals surface area contributed by atoms with E-state index in [1.54, 1.807) is 7.12 Å². The standard InChI is InChI=1S/C24H37BO2/c1-6-8-9-10-14-24(4,5)20-16-21(26)23(22(17-20)27-25-7-2)19-13-11-12-18(3)15-19/h7,15-17,19,26H,6,8-14H2,1-5H3. The monoisotopic (exact) mass is 368 g/mol. The molecule has 0 aliphatic heterocycles. The molecule has 148 valence electrons. The van der Waals surface area contributed by atoms with E-state index in [2.05, 4.69) is 39.8 Å². The maximum atomic E-state index is 10.9. The molecule has 1 aromatic carbocycles. The number of aromatic hydroxyl groups is 1. The molecular weight excluding hydrogens is 331 g/mol. The van der Waals surface area contributed by atoms with Gasteiger partial charge in [0.25, 0.3) is 0 Å². The number of phenolic OH excluding ortho intramolecular Hbond substituents is 1. The summed E-state index contributed by atoms with van der Waals surface area (Å²) in [6.07, 6.45) is 11.9. The van der Waals surface area contributed by atoms with E-state index in [9.17, 15) is 5.11 Å². The zero-order valence-corrected chi connectivity index (χ0v) is 18.0. The number of benzene rings is 1. The Morgan fingerprint density at radius 2 is 2.04 bits per heavy atom. The molecule has 1 aromatic rings. The van der Waals surface area contributed by atoms with Gasteiger partial charge in [0.05, 0.1) is 0 Å². The molecule has 0 radical (unpaired) electrons. The fourth-order valence-electron chi connectivity index (χ4n) is 4.09. The van der Waals surface area contributed by atoms with Crippen LogP contribution in [0.25, 0.3) is 0 Å². The summed E-state index contributed by atoms with van der Waals surface area (Å²) >= 11 is 0. The van der Waals surface area contributed by atoms with Crippen molar-refractivity contribution in [1.82, 2.24) is 0 Å². The van der Waals surface area contributed by atoms with Crippen LogP contribution in [0.1, 0.15) is 103 Å². The predicted molar refractivity (Wildman–Crippen MR) is 118 cm³/mol. The summed E-state index contributed by atoms with van der Waals surface area (Å²) in [6, 6.07) is 4.14. The van der Waals surface area contributed by atoms with Crippen LogP contribution in [0.4, 0.5) is 0 Å². The van der Waals surface area contributed by atoms with Gasteiger partial charge in [0.2, 0.25) is 0 Å². The van der Waals surface area contributed by atoms with Gasteiger partial charge in [0, 0.05) is 0 Å². The Morgan fingerprint density at radius 1 is 1.26 bits per heavy atom. The summed E-state index contributed by atoms with van der Waals surface area (Å²) in [5, 5.41) is 10.9. The summed E-state index contributed by atoms with van der Waals surface area (Å²) < 4.78 is 5.96. The third kappa shape index (κ3) is 5.99. The third-order valence-electron chi connectivity index (χ3n) is 5.83. The summed E-state index contributed by atoms with van der Waals surface area (Å²) in [7, 11) is 1.72. The first-order valence-electron chi connectivity index (χ1n) is 10.7. The molecule has 0 fully saturated rings. The first kappa shape index (κ1) is 21.8. The molecule has 1 aliphatic rings. The van der Waals surface area contributed by atoms with Gasteiger partial charge in [-0.3, -0.25) is 0 Å². The van der Waals surface area contributed by atoms with E-state index in [0.29, 0.717) is 5.75 Å². The molecule has 0 heterocycles. The number of allylic oxidation sites excluding steroid dienone is 2. The second kappa shape index (κ2) is 10.2. The maximum absolute atomic E-state index is 10.9. The van der Waals surface area contributed by atoms with Crippen molar-refractivity contribution in [2.45, 2.75) is 97.3 Å². The van der Waals surface area contributed by atoms with Crippen LogP contribution in [0.15, 0.2) is 23.8 Å². The van der Waals surface area contributed by atoms with Crippen molar-refractivity contribution in [1.29, 1.82) is 0 Å². The molecule has 0 saturated heterocycles. The Morgan fingerprint density at radius 3 is 2.70 bits per heavy atom. The topological polar surface area (TPSA) is 29.5 Å². The first-order valence-corrected chi connectivity index (χ1v) is 10.7. The molecule has 0 spiro atoms.